The van der Waals surface area contributed by atoms with E-state index in [2.05, 4.69) is 41.4 Å². The second-order valence-corrected chi connectivity index (χ2v) is 7.57. The number of anilines is 1. The molecule has 2 aromatic carbocycles. The first-order chi connectivity index (χ1) is 13.0. The number of likely N-dealkylation sites (tertiary alicyclic amines) is 1. The molecular weight excluding hydrogens is 340 g/mol. The molecule has 1 atom stereocenters. The summed E-state index contributed by atoms with van der Waals surface area (Å²) in [6.45, 7) is 3.02. The summed E-state index contributed by atoms with van der Waals surface area (Å²) >= 11 is 0. The minimum Gasteiger partial charge on any atom is -0.493 e. The normalized spacial score (nSPS) is 22.0. The van der Waals surface area contributed by atoms with E-state index in [4.69, 9.17) is 9.47 Å². The van der Waals surface area contributed by atoms with Gasteiger partial charge < -0.3 is 14.8 Å². The molecule has 1 aliphatic heterocycles. The van der Waals surface area contributed by atoms with Crippen molar-refractivity contribution in [1.29, 1.82) is 0 Å². The van der Waals surface area contributed by atoms with Crippen molar-refractivity contribution >= 4 is 11.6 Å². The van der Waals surface area contributed by atoms with Crippen LogP contribution < -0.4 is 14.8 Å². The van der Waals surface area contributed by atoms with E-state index in [0.717, 1.165) is 31.5 Å². The number of carbonyl (C=O) groups is 1. The minimum absolute atomic E-state index is 0.0388. The zero-order valence-electron chi connectivity index (χ0n) is 16.1. The van der Waals surface area contributed by atoms with E-state index in [1.807, 2.05) is 12.1 Å². The third-order valence-electron chi connectivity index (χ3n) is 6.07. The lowest BCUT2D eigenvalue weighted by Crippen LogP contribution is -2.67. The van der Waals surface area contributed by atoms with E-state index in [9.17, 15) is 4.79 Å². The molecule has 1 saturated heterocycles. The number of hydrogen-bond acceptors (Lipinski definition) is 4. The zero-order chi connectivity index (χ0) is 19.0. The number of methoxy groups -OCH3 is 2. The summed E-state index contributed by atoms with van der Waals surface area (Å²) < 4.78 is 10.6. The van der Waals surface area contributed by atoms with Gasteiger partial charge in [0, 0.05) is 24.3 Å². The summed E-state index contributed by atoms with van der Waals surface area (Å²) in [6, 6.07) is 14.5. The molecule has 1 amide bonds. The van der Waals surface area contributed by atoms with Crippen molar-refractivity contribution in [2.45, 2.75) is 37.8 Å². The quantitative estimate of drug-likeness (QED) is 0.882. The number of nitrogens with one attached hydrogen (secondary N) is 1. The van der Waals surface area contributed by atoms with Crippen LogP contribution in [0.25, 0.3) is 0 Å². The van der Waals surface area contributed by atoms with E-state index < -0.39 is 5.54 Å². The predicted molar refractivity (Wildman–Crippen MR) is 106 cm³/mol. The Labute approximate surface area is 160 Å². The number of carbonyl (C=O) groups excluding carboxylic acids is 1. The molecule has 1 aliphatic carbocycles. The Morgan fingerprint density at radius 1 is 1.07 bits per heavy atom. The predicted octanol–water partition coefficient (Wildman–Crippen LogP) is 3.27. The fraction of sp³-hybridized carbons (Fsp3) is 0.409. The molecular formula is C22H26N2O3. The first-order valence-electron chi connectivity index (χ1n) is 9.42. The number of ether oxygens (including phenoxy) is 2. The second-order valence-electron chi connectivity index (χ2n) is 7.57. The molecule has 1 heterocycles. The third kappa shape index (κ3) is 3.06. The summed E-state index contributed by atoms with van der Waals surface area (Å²) in [6.07, 6.45) is 2.92. The molecule has 1 unspecified atom stereocenters. The van der Waals surface area contributed by atoms with Gasteiger partial charge >= 0.3 is 0 Å². The van der Waals surface area contributed by atoms with Crippen molar-refractivity contribution < 1.29 is 14.3 Å². The minimum atomic E-state index is -0.472. The van der Waals surface area contributed by atoms with Crippen LogP contribution in [0.4, 0.5) is 5.69 Å². The Morgan fingerprint density at radius 2 is 1.74 bits per heavy atom. The second kappa shape index (κ2) is 6.89. The first kappa shape index (κ1) is 17.9. The van der Waals surface area contributed by atoms with Crippen molar-refractivity contribution in [1.82, 2.24) is 4.90 Å². The summed E-state index contributed by atoms with van der Waals surface area (Å²) in [5.41, 5.74) is 3.08. The highest BCUT2D eigenvalue weighted by atomic mass is 16.5. The molecule has 0 spiro atoms. The largest absolute Gasteiger partial charge is 0.493 e. The van der Waals surface area contributed by atoms with E-state index in [0.29, 0.717) is 17.5 Å². The van der Waals surface area contributed by atoms with Crippen LogP contribution in [0.5, 0.6) is 11.5 Å². The molecule has 1 N–H and O–H groups in total. The number of amides is 1. The molecule has 2 aliphatic rings. The van der Waals surface area contributed by atoms with Crippen LogP contribution in [0, 0.1) is 0 Å². The number of hydrogen-bond donors (Lipinski definition) is 1. The summed E-state index contributed by atoms with van der Waals surface area (Å²) in [5, 5.41) is 3.07. The monoisotopic (exact) mass is 366 g/mol. The topological polar surface area (TPSA) is 50.8 Å². The Balaban J connectivity index is 1.47. The molecule has 4 rings (SSSR count). The number of rotatable bonds is 5. The van der Waals surface area contributed by atoms with Gasteiger partial charge in [-0.15, -0.1) is 0 Å². The van der Waals surface area contributed by atoms with Crippen molar-refractivity contribution in [2.24, 2.45) is 0 Å². The maximum atomic E-state index is 13.1. The van der Waals surface area contributed by atoms with Gasteiger partial charge in [0.2, 0.25) is 5.91 Å². The van der Waals surface area contributed by atoms with Crippen molar-refractivity contribution in [3.05, 3.63) is 53.6 Å². The SMILES string of the molecule is COc1ccc(NC(=O)C2(C)CCN2C2Cc3ccccc3C2)cc1OC. The van der Waals surface area contributed by atoms with Crippen molar-refractivity contribution in [3.63, 3.8) is 0 Å². The Hall–Kier alpha value is -2.53. The fourth-order valence-corrected chi connectivity index (χ4v) is 4.34. The Morgan fingerprint density at radius 3 is 2.30 bits per heavy atom. The zero-order valence-corrected chi connectivity index (χ0v) is 16.1. The molecule has 1 fully saturated rings. The Kier molecular flexibility index (Phi) is 4.56. The highest BCUT2D eigenvalue weighted by Crippen LogP contribution is 2.39. The van der Waals surface area contributed by atoms with E-state index >= 15 is 0 Å². The van der Waals surface area contributed by atoms with Gasteiger partial charge in [0.05, 0.1) is 19.8 Å². The molecule has 5 heteroatoms. The van der Waals surface area contributed by atoms with Gasteiger partial charge in [-0.25, -0.2) is 0 Å². The van der Waals surface area contributed by atoms with Gasteiger partial charge in [0.1, 0.15) is 0 Å². The average molecular weight is 366 g/mol. The molecule has 5 nitrogen and oxygen atoms in total. The van der Waals surface area contributed by atoms with Gasteiger partial charge in [-0.05, 0) is 49.4 Å². The number of nitrogens with zero attached hydrogens (tertiary/aromatic N) is 1. The van der Waals surface area contributed by atoms with E-state index in [-0.39, 0.29) is 5.91 Å². The lowest BCUT2D eigenvalue weighted by molar-refractivity contribution is -0.138. The molecule has 0 bridgehead atoms. The Bertz CT molecular complexity index is 841. The molecule has 2 aromatic rings. The average Bonchev–Trinajstić information content (AvgIpc) is 3.09. The number of benzene rings is 2. The molecule has 0 saturated carbocycles. The van der Waals surface area contributed by atoms with Gasteiger partial charge in [-0.1, -0.05) is 24.3 Å². The van der Waals surface area contributed by atoms with Crippen LogP contribution in [-0.4, -0.2) is 43.2 Å². The van der Waals surface area contributed by atoms with Crippen LogP contribution in [0.3, 0.4) is 0 Å². The lowest BCUT2D eigenvalue weighted by atomic mass is 9.83. The van der Waals surface area contributed by atoms with Crippen molar-refractivity contribution in [3.8, 4) is 11.5 Å². The maximum absolute atomic E-state index is 13.1. The van der Waals surface area contributed by atoms with Gasteiger partial charge in [0.25, 0.3) is 0 Å². The molecule has 27 heavy (non-hydrogen) atoms. The maximum Gasteiger partial charge on any atom is 0.244 e. The van der Waals surface area contributed by atoms with Gasteiger partial charge in [-0.3, -0.25) is 9.69 Å². The number of fused-ring (bicyclic) bond motifs is 1. The third-order valence-corrected chi connectivity index (χ3v) is 6.07. The fourth-order valence-electron chi connectivity index (χ4n) is 4.34. The van der Waals surface area contributed by atoms with Crippen LogP contribution >= 0.6 is 0 Å². The van der Waals surface area contributed by atoms with Crippen molar-refractivity contribution in [2.75, 3.05) is 26.1 Å². The van der Waals surface area contributed by atoms with Crippen LogP contribution in [0.2, 0.25) is 0 Å². The first-order valence-corrected chi connectivity index (χ1v) is 9.42. The van der Waals surface area contributed by atoms with Crippen LogP contribution in [-0.2, 0) is 17.6 Å². The van der Waals surface area contributed by atoms with Crippen LogP contribution in [0.1, 0.15) is 24.5 Å². The summed E-state index contributed by atoms with van der Waals surface area (Å²) in [5.74, 6) is 1.30. The summed E-state index contributed by atoms with van der Waals surface area (Å²) in [7, 11) is 3.19. The summed E-state index contributed by atoms with van der Waals surface area (Å²) in [4.78, 5) is 15.4. The lowest BCUT2D eigenvalue weighted by Gasteiger charge is -2.52. The molecule has 0 radical (unpaired) electrons. The van der Waals surface area contributed by atoms with E-state index in [1.54, 1.807) is 20.3 Å². The smallest absolute Gasteiger partial charge is 0.244 e. The highest BCUT2D eigenvalue weighted by molar-refractivity contribution is 5.98. The molecule has 0 aromatic heterocycles. The highest BCUT2D eigenvalue weighted by Gasteiger charge is 2.50. The molecule has 142 valence electrons. The van der Waals surface area contributed by atoms with Gasteiger partial charge in [-0.2, -0.15) is 0 Å². The van der Waals surface area contributed by atoms with Crippen LogP contribution in [0.15, 0.2) is 42.5 Å². The standard InChI is InChI=1S/C22H26N2O3/c1-22(21(25)23-17-8-9-19(26-2)20(14-17)27-3)10-11-24(22)18-12-15-6-4-5-7-16(15)13-18/h4-9,14,18H,10-13H2,1-3H3,(H,23,25). The van der Waals surface area contributed by atoms with Gasteiger partial charge in [0.15, 0.2) is 11.5 Å². The van der Waals surface area contributed by atoms with E-state index in [1.165, 1.54) is 11.1 Å².